The maximum absolute atomic E-state index is 11.3. The fraction of sp³-hybridized carbons (Fsp3) is 0.364. The highest BCUT2D eigenvalue weighted by Gasteiger charge is 2.37. The monoisotopic (exact) mass is 283 g/mol. The molecule has 1 aliphatic rings. The molecule has 0 amide bonds. The summed E-state index contributed by atoms with van der Waals surface area (Å²) in [6, 6.07) is 5.76. The molecule has 0 spiro atoms. The van der Waals surface area contributed by atoms with E-state index in [4.69, 9.17) is 9.15 Å². The molecule has 0 atom stereocenters. The molecule has 0 saturated carbocycles. The summed E-state index contributed by atoms with van der Waals surface area (Å²) in [5.74, 6) is -0.333. The number of rotatable bonds is 1. The van der Waals surface area contributed by atoms with E-state index in [9.17, 15) is 4.79 Å². The van der Waals surface area contributed by atoms with Crippen LogP contribution in [-0.2, 0) is 16.1 Å². The second-order valence-electron chi connectivity index (χ2n) is 4.07. The Morgan fingerprint density at radius 1 is 1.44 bits per heavy atom. The minimum Gasteiger partial charge on any atom is -0.408 e. The van der Waals surface area contributed by atoms with Crippen molar-refractivity contribution >= 4 is 27.0 Å². The second-order valence-corrected chi connectivity index (χ2v) is 5.59. The van der Waals surface area contributed by atoms with E-state index in [-0.39, 0.29) is 10.1 Å². The van der Waals surface area contributed by atoms with Gasteiger partial charge in [0, 0.05) is 7.05 Å². The molecule has 84 valence electrons. The Morgan fingerprint density at radius 2 is 2.19 bits per heavy atom. The van der Waals surface area contributed by atoms with Crippen LogP contribution in [0.4, 0.5) is 0 Å². The van der Waals surface area contributed by atoms with Gasteiger partial charge in [-0.2, -0.15) is 0 Å². The maximum Gasteiger partial charge on any atom is 0.419 e. The van der Waals surface area contributed by atoms with Gasteiger partial charge in [-0.3, -0.25) is 4.57 Å². The third-order valence-electron chi connectivity index (χ3n) is 2.97. The van der Waals surface area contributed by atoms with Crippen LogP contribution >= 0.6 is 15.9 Å². The van der Waals surface area contributed by atoms with Gasteiger partial charge in [-0.1, -0.05) is 22.0 Å². The molecule has 0 aliphatic carbocycles. The quantitative estimate of drug-likeness (QED) is 0.749. The zero-order valence-corrected chi connectivity index (χ0v) is 10.3. The first-order chi connectivity index (χ1) is 7.60. The molecule has 0 N–H and O–H groups in total. The summed E-state index contributed by atoms with van der Waals surface area (Å²) in [4.78, 5) is 11.3. The number of benzene rings is 1. The van der Waals surface area contributed by atoms with Gasteiger partial charge in [-0.25, -0.2) is 4.79 Å². The molecule has 4 nitrogen and oxygen atoms in total. The largest absolute Gasteiger partial charge is 0.419 e. The fourth-order valence-electron chi connectivity index (χ4n) is 1.85. The molecule has 1 aromatic heterocycles. The molecule has 5 heteroatoms. The Hall–Kier alpha value is -1.07. The lowest BCUT2D eigenvalue weighted by molar-refractivity contribution is -0.00694. The molecular formula is C11H10BrNO3. The Balaban J connectivity index is 2.22. The predicted molar refractivity (Wildman–Crippen MR) is 62.9 cm³/mol. The van der Waals surface area contributed by atoms with Crippen LogP contribution in [0.25, 0.3) is 11.1 Å². The molecule has 1 fully saturated rings. The minimum absolute atomic E-state index is 0.103. The van der Waals surface area contributed by atoms with E-state index in [0.717, 1.165) is 11.1 Å². The molecule has 1 aliphatic heterocycles. The summed E-state index contributed by atoms with van der Waals surface area (Å²) < 4.78 is 11.7. The number of aryl methyl sites for hydroxylation is 1. The highest BCUT2D eigenvalue weighted by molar-refractivity contribution is 9.09. The van der Waals surface area contributed by atoms with Crippen molar-refractivity contribution in [3.05, 3.63) is 34.3 Å². The highest BCUT2D eigenvalue weighted by atomic mass is 79.9. The van der Waals surface area contributed by atoms with Crippen LogP contribution in [0.2, 0.25) is 0 Å². The molecule has 16 heavy (non-hydrogen) atoms. The second kappa shape index (κ2) is 3.21. The molecule has 0 radical (unpaired) electrons. The van der Waals surface area contributed by atoms with Crippen molar-refractivity contribution in [2.45, 2.75) is 4.32 Å². The van der Waals surface area contributed by atoms with Crippen LogP contribution < -0.4 is 5.76 Å². The van der Waals surface area contributed by atoms with Gasteiger partial charge in [0.05, 0.1) is 23.1 Å². The molecule has 0 unspecified atom stereocenters. The summed E-state index contributed by atoms with van der Waals surface area (Å²) in [6.45, 7) is 1.31. The first-order valence-electron chi connectivity index (χ1n) is 4.97. The molecule has 2 aromatic rings. The van der Waals surface area contributed by atoms with Gasteiger partial charge >= 0.3 is 5.76 Å². The number of fused-ring (bicyclic) bond motifs is 1. The van der Waals surface area contributed by atoms with Crippen molar-refractivity contribution in [3.8, 4) is 0 Å². The maximum atomic E-state index is 11.3. The van der Waals surface area contributed by atoms with E-state index in [1.165, 1.54) is 4.57 Å². The highest BCUT2D eigenvalue weighted by Crippen LogP contribution is 2.39. The number of aromatic nitrogens is 1. The molecule has 3 rings (SSSR count). The topological polar surface area (TPSA) is 44.4 Å². The third kappa shape index (κ3) is 1.28. The van der Waals surface area contributed by atoms with Gasteiger partial charge in [0.1, 0.15) is 0 Å². The van der Waals surface area contributed by atoms with Crippen molar-refractivity contribution in [1.29, 1.82) is 0 Å². The van der Waals surface area contributed by atoms with E-state index < -0.39 is 0 Å². The number of hydrogen-bond donors (Lipinski definition) is 0. The Morgan fingerprint density at radius 3 is 2.81 bits per heavy atom. The van der Waals surface area contributed by atoms with E-state index in [1.807, 2.05) is 18.2 Å². The Kier molecular flexibility index (Phi) is 2.03. The van der Waals surface area contributed by atoms with Crippen LogP contribution in [0.3, 0.4) is 0 Å². The summed E-state index contributed by atoms with van der Waals surface area (Å²) >= 11 is 3.65. The lowest BCUT2D eigenvalue weighted by atomic mass is 9.97. The van der Waals surface area contributed by atoms with Gasteiger partial charge in [0.25, 0.3) is 0 Å². The lowest BCUT2D eigenvalue weighted by Gasteiger charge is -2.36. The van der Waals surface area contributed by atoms with Crippen LogP contribution in [-0.4, -0.2) is 17.8 Å². The first-order valence-corrected chi connectivity index (χ1v) is 5.76. The van der Waals surface area contributed by atoms with Gasteiger partial charge in [-0.15, -0.1) is 0 Å². The van der Waals surface area contributed by atoms with Gasteiger partial charge in [0.15, 0.2) is 5.58 Å². The number of nitrogens with zero attached hydrogens (tertiary/aromatic N) is 1. The summed E-state index contributed by atoms with van der Waals surface area (Å²) in [5.41, 5.74) is 2.54. The fourth-order valence-corrected chi connectivity index (χ4v) is 2.42. The molecule has 1 saturated heterocycles. The number of alkyl halides is 1. The van der Waals surface area contributed by atoms with Crippen molar-refractivity contribution in [2.75, 3.05) is 13.2 Å². The van der Waals surface area contributed by atoms with E-state index in [0.29, 0.717) is 18.8 Å². The van der Waals surface area contributed by atoms with Gasteiger partial charge in [-0.05, 0) is 17.7 Å². The van der Waals surface area contributed by atoms with Crippen molar-refractivity contribution in [3.63, 3.8) is 0 Å². The molecule has 2 heterocycles. The Bertz CT molecular complexity index is 609. The summed E-state index contributed by atoms with van der Waals surface area (Å²) in [7, 11) is 1.70. The number of hydrogen-bond acceptors (Lipinski definition) is 3. The molecule has 0 bridgehead atoms. The van der Waals surface area contributed by atoms with E-state index >= 15 is 0 Å². The van der Waals surface area contributed by atoms with Gasteiger partial charge in [0.2, 0.25) is 0 Å². The van der Waals surface area contributed by atoms with E-state index in [1.54, 1.807) is 7.05 Å². The average Bonchev–Trinajstić information content (AvgIpc) is 2.51. The van der Waals surface area contributed by atoms with Crippen LogP contribution in [0.15, 0.2) is 27.4 Å². The number of oxazole rings is 1. The zero-order valence-electron chi connectivity index (χ0n) is 8.70. The van der Waals surface area contributed by atoms with Gasteiger partial charge < -0.3 is 9.15 Å². The van der Waals surface area contributed by atoms with E-state index in [2.05, 4.69) is 15.9 Å². The Labute approximate surface area is 99.9 Å². The normalized spacial score (nSPS) is 18.6. The zero-order chi connectivity index (χ0) is 11.3. The summed E-state index contributed by atoms with van der Waals surface area (Å²) in [5, 5.41) is 0. The SMILES string of the molecule is Cn1c(=O)oc2ccc(C3(Br)COC3)cc21. The van der Waals surface area contributed by atoms with Crippen LogP contribution in [0.1, 0.15) is 5.56 Å². The average molecular weight is 284 g/mol. The summed E-state index contributed by atoms with van der Waals surface area (Å²) in [6.07, 6.45) is 0. The standard InChI is InChI=1S/C11H10BrNO3/c1-13-8-4-7(11(12)5-15-6-11)2-3-9(8)16-10(13)14/h2-4H,5-6H2,1H3. The van der Waals surface area contributed by atoms with Crippen molar-refractivity contribution < 1.29 is 9.15 Å². The minimum atomic E-state index is -0.333. The van der Waals surface area contributed by atoms with Crippen molar-refractivity contribution in [1.82, 2.24) is 4.57 Å². The van der Waals surface area contributed by atoms with Crippen LogP contribution in [0.5, 0.6) is 0 Å². The first kappa shape index (κ1) is 10.1. The van der Waals surface area contributed by atoms with Crippen LogP contribution in [0, 0.1) is 0 Å². The lowest BCUT2D eigenvalue weighted by Crippen LogP contribution is -2.40. The predicted octanol–water partition coefficient (Wildman–Crippen LogP) is 1.75. The number of ether oxygens (including phenoxy) is 1. The number of halogens is 1. The molecule has 1 aromatic carbocycles. The molecular weight excluding hydrogens is 274 g/mol. The smallest absolute Gasteiger partial charge is 0.408 e. The third-order valence-corrected chi connectivity index (χ3v) is 3.89. The van der Waals surface area contributed by atoms with Crippen molar-refractivity contribution in [2.24, 2.45) is 7.05 Å².